The standard InChI is InChI=1S/C18H21BrN2O/c1-13-10-16(8-9-17(13)19)21(4)12-14-6-5-7-15(11-14)18(22)20(2)3/h5-11H,12H2,1-4H3. The van der Waals surface area contributed by atoms with E-state index in [1.807, 2.05) is 18.2 Å². The van der Waals surface area contributed by atoms with Crippen molar-refractivity contribution in [2.24, 2.45) is 0 Å². The number of halogens is 1. The Kier molecular flexibility index (Phi) is 5.24. The molecule has 0 N–H and O–H groups in total. The summed E-state index contributed by atoms with van der Waals surface area (Å²) >= 11 is 3.52. The van der Waals surface area contributed by atoms with Crippen LogP contribution in [-0.4, -0.2) is 32.0 Å². The predicted octanol–water partition coefficient (Wildman–Crippen LogP) is 4.10. The van der Waals surface area contributed by atoms with Crippen molar-refractivity contribution in [1.29, 1.82) is 0 Å². The van der Waals surface area contributed by atoms with E-state index in [1.165, 1.54) is 5.56 Å². The third-order valence-electron chi connectivity index (χ3n) is 3.58. The Morgan fingerprint density at radius 2 is 1.82 bits per heavy atom. The topological polar surface area (TPSA) is 23.6 Å². The maximum absolute atomic E-state index is 12.0. The van der Waals surface area contributed by atoms with Crippen LogP contribution in [0.2, 0.25) is 0 Å². The lowest BCUT2D eigenvalue weighted by Crippen LogP contribution is -2.22. The predicted molar refractivity (Wildman–Crippen MR) is 95.4 cm³/mol. The number of aryl methyl sites for hydroxylation is 1. The Labute approximate surface area is 140 Å². The Morgan fingerprint density at radius 1 is 1.09 bits per heavy atom. The van der Waals surface area contributed by atoms with Crippen LogP contribution in [-0.2, 0) is 6.54 Å². The normalized spacial score (nSPS) is 10.4. The van der Waals surface area contributed by atoms with E-state index >= 15 is 0 Å². The number of hydrogen-bond acceptors (Lipinski definition) is 2. The average Bonchev–Trinajstić information content (AvgIpc) is 2.49. The zero-order chi connectivity index (χ0) is 16.3. The third-order valence-corrected chi connectivity index (χ3v) is 4.47. The molecule has 0 fully saturated rings. The monoisotopic (exact) mass is 360 g/mol. The molecule has 0 saturated heterocycles. The average molecular weight is 361 g/mol. The van der Waals surface area contributed by atoms with Crippen molar-refractivity contribution in [3.63, 3.8) is 0 Å². The van der Waals surface area contributed by atoms with Crippen molar-refractivity contribution in [2.45, 2.75) is 13.5 Å². The molecule has 0 aromatic heterocycles. The number of amides is 1. The quantitative estimate of drug-likeness (QED) is 0.819. The van der Waals surface area contributed by atoms with Gasteiger partial charge in [0, 0.05) is 43.4 Å². The van der Waals surface area contributed by atoms with E-state index < -0.39 is 0 Å². The zero-order valence-corrected chi connectivity index (χ0v) is 15.0. The lowest BCUT2D eigenvalue weighted by atomic mass is 10.1. The highest BCUT2D eigenvalue weighted by molar-refractivity contribution is 9.10. The zero-order valence-electron chi connectivity index (χ0n) is 13.4. The lowest BCUT2D eigenvalue weighted by molar-refractivity contribution is 0.0827. The summed E-state index contributed by atoms with van der Waals surface area (Å²) < 4.78 is 1.11. The molecule has 2 aromatic carbocycles. The van der Waals surface area contributed by atoms with Crippen molar-refractivity contribution < 1.29 is 4.79 Å². The van der Waals surface area contributed by atoms with Crippen LogP contribution in [0, 0.1) is 6.92 Å². The minimum Gasteiger partial charge on any atom is -0.370 e. The maximum Gasteiger partial charge on any atom is 0.253 e. The van der Waals surface area contributed by atoms with Crippen LogP contribution in [0.1, 0.15) is 21.5 Å². The van der Waals surface area contributed by atoms with Crippen LogP contribution in [0.5, 0.6) is 0 Å². The Bertz CT molecular complexity index is 683. The number of rotatable bonds is 4. The maximum atomic E-state index is 12.0. The van der Waals surface area contributed by atoms with E-state index in [4.69, 9.17) is 0 Å². The Morgan fingerprint density at radius 3 is 2.45 bits per heavy atom. The number of benzene rings is 2. The van der Waals surface area contributed by atoms with Crippen LogP contribution in [0.15, 0.2) is 46.9 Å². The number of anilines is 1. The molecular formula is C18H21BrN2O. The van der Waals surface area contributed by atoms with Gasteiger partial charge in [0.25, 0.3) is 5.91 Å². The fourth-order valence-electron chi connectivity index (χ4n) is 2.29. The summed E-state index contributed by atoms with van der Waals surface area (Å²) in [5, 5.41) is 0. The molecule has 22 heavy (non-hydrogen) atoms. The van der Waals surface area contributed by atoms with Gasteiger partial charge in [0.1, 0.15) is 0 Å². The minimum absolute atomic E-state index is 0.0315. The summed E-state index contributed by atoms with van der Waals surface area (Å²) in [7, 11) is 5.60. The van der Waals surface area contributed by atoms with E-state index in [2.05, 4.69) is 59.1 Å². The molecule has 0 aliphatic heterocycles. The molecule has 0 radical (unpaired) electrons. The summed E-state index contributed by atoms with van der Waals surface area (Å²) in [5.74, 6) is 0.0315. The van der Waals surface area contributed by atoms with Crippen LogP contribution in [0.4, 0.5) is 5.69 Å². The van der Waals surface area contributed by atoms with E-state index in [9.17, 15) is 4.79 Å². The highest BCUT2D eigenvalue weighted by Gasteiger charge is 2.09. The van der Waals surface area contributed by atoms with E-state index in [0.29, 0.717) is 0 Å². The van der Waals surface area contributed by atoms with Crippen LogP contribution in [0.3, 0.4) is 0 Å². The molecule has 0 bridgehead atoms. The molecule has 4 heteroatoms. The molecule has 116 valence electrons. The Hall–Kier alpha value is -1.81. The fourth-order valence-corrected chi connectivity index (χ4v) is 2.54. The van der Waals surface area contributed by atoms with Gasteiger partial charge >= 0.3 is 0 Å². The summed E-state index contributed by atoms with van der Waals surface area (Å²) in [5.41, 5.74) is 4.21. The molecule has 0 aliphatic rings. The SMILES string of the molecule is Cc1cc(N(C)Cc2cccc(C(=O)N(C)C)c2)ccc1Br. The van der Waals surface area contributed by atoms with Gasteiger partial charge in [-0.15, -0.1) is 0 Å². The van der Waals surface area contributed by atoms with E-state index in [-0.39, 0.29) is 5.91 Å². The molecule has 1 amide bonds. The van der Waals surface area contributed by atoms with Gasteiger partial charge in [-0.3, -0.25) is 4.79 Å². The fraction of sp³-hybridized carbons (Fsp3) is 0.278. The smallest absolute Gasteiger partial charge is 0.253 e. The van der Waals surface area contributed by atoms with Crippen LogP contribution < -0.4 is 4.90 Å². The van der Waals surface area contributed by atoms with Gasteiger partial charge in [-0.2, -0.15) is 0 Å². The molecule has 0 heterocycles. The number of hydrogen-bond donors (Lipinski definition) is 0. The van der Waals surface area contributed by atoms with Gasteiger partial charge in [-0.05, 0) is 48.4 Å². The number of nitrogens with zero attached hydrogens (tertiary/aromatic N) is 2. The largest absolute Gasteiger partial charge is 0.370 e. The van der Waals surface area contributed by atoms with Crippen molar-refractivity contribution in [3.05, 3.63) is 63.6 Å². The first-order valence-electron chi connectivity index (χ1n) is 7.16. The van der Waals surface area contributed by atoms with E-state index in [1.54, 1.807) is 19.0 Å². The van der Waals surface area contributed by atoms with Gasteiger partial charge < -0.3 is 9.80 Å². The van der Waals surface area contributed by atoms with Crippen molar-refractivity contribution in [2.75, 3.05) is 26.0 Å². The summed E-state index contributed by atoms with van der Waals surface area (Å²) in [6.07, 6.45) is 0. The van der Waals surface area contributed by atoms with Crippen LogP contribution >= 0.6 is 15.9 Å². The first kappa shape index (κ1) is 16.6. The molecule has 2 aromatic rings. The highest BCUT2D eigenvalue weighted by atomic mass is 79.9. The molecule has 0 aliphatic carbocycles. The summed E-state index contributed by atoms with van der Waals surface area (Å²) in [4.78, 5) is 15.8. The molecule has 0 unspecified atom stereocenters. The highest BCUT2D eigenvalue weighted by Crippen LogP contribution is 2.23. The second-order valence-corrected chi connectivity index (χ2v) is 6.54. The molecule has 0 spiro atoms. The summed E-state index contributed by atoms with van der Waals surface area (Å²) in [6.45, 7) is 2.84. The summed E-state index contributed by atoms with van der Waals surface area (Å²) in [6, 6.07) is 14.1. The van der Waals surface area contributed by atoms with Crippen molar-refractivity contribution in [3.8, 4) is 0 Å². The van der Waals surface area contributed by atoms with Gasteiger partial charge in [-0.25, -0.2) is 0 Å². The van der Waals surface area contributed by atoms with Gasteiger partial charge in [0.2, 0.25) is 0 Å². The van der Waals surface area contributed by atoms with Gasteiger partial charge in [-0.1, -0.05) is 28.1 Å². The van der Waals surface area contributed by atoms with Crippen molar-refractivity contribution >= 4 is 27.5 Å². The lowest BCUT2D eigenvalue weighted by Gasteiger charge is -2.21. The second kappa shape index (κ2) is 6.97. The number of carbonyl (C=O) groups excluding carboxylic acids is 1. The van der Waals surface area contributed by atoms with Gasteiger partial charge in [0.15, 0.2) is 0 Å². The molecular weight excluding hydrogens is 340 g/mol. The number of carbonyl (C=O) groups is 1. The van der Waals surface area contributed by atoms with Gasteiger partial charge in [0.05, 0.1) is 0 Å². The van der Waals surface area contributed by atoms with Crippen LogP contribution in [0.25, 0.3) is 0 Å². The second-order valence-electron chi connectivity index (χ2n) is 5.69. The van der Waals surface area contributed by atoms with Crippen molar-refractivity contribution in [1.82, 2.24) is 4.90 Å². The molecule has 0 atom stereocenters. The molecule has 3 nitrogen and oxygen atoms in total. The minimum atomic E-state index is 0.0315. The molecule has 0 saturated carbocycles. The third kappa shape index (κ3) is 3.89. The first-order valence-corrected chi connectivity index (χ1v) is 7.95. The Balaban J connectivity index is 2.17. The van der Waals surface area contributed by atoms with E-state index in [0.717, 1.165) is 27.8 Å². The first-order chi connectivity index (χ1) is 10.4. The molecule has 2 rings (SSSR count).